The number of rotatable bonds is 4. The van der Waals surface area contributed by atoms with E-state index in [0.717, 1.165) is 24.2 Å². The molecule has 0 heterocycles. The molecule has 0 aliphatic heterocycles. The van der Waals surface area contributed by atoms with Gasteiger partial charge in [-0.1, -0.05) is 43.2 Å². The van der Waals surface area contributed by atoms with E-state index in [1.165, 1.54) is 50.5 Å². The molecule has 4 rings (SSSR count). The van der Waals surface area contributed by atoms with Crippen molar-refractivity contribution in [3.8, 4) is 0 Å². The molecule has 3 fully saturated rings. The number of hydrogen-bond acceptors (Lipinski definition) is 1. The summed E-state index contributed by atoms with van der Waals surface area (Å²) in [5.74, 6) is 2.73. The summed E-state index contributed by atoms with van der Waals surface area (Å²) >= 11 is 0. The van der Waals surface area contributed by atoms with Crippen LogP contribution in [0.2, 0.25) is 0 Å². The van der Waals surface area contributed by atoms with E-state index in [4.69, 9.17) is 0 Å². The second-order valence-corrected chi connectivity index (χ2v) is 7.56. The molecule has 1 heteroatoms. The molecule has 1 nitrogen and oxygen atoms in total. The van der Waals surface area contributed by atoms with Crippen LogP contribution in [0, 0.1) is 17.8 Å². The minimum atomic E-state index is -0.122. The zero-order valence-corrected chi connectivity index (χ0v) is 12.3. The second-order valence-electron chi connectivity index (χ2n) is 7.56. The largest absolute Gasteiger partial charge is 0.392 e. The fourth-order valence-electron chi connectivity index (χ4n) is 5.32. The molecule has 0 aromatic heterocycles. The van der Waals surface area contributed by atoms with E-state index in [-0.39, 0.29) is 11.5 Å². The topological polar surface area (TPSA) is 20.2 Å². The van der Waals surface area contributed by atoms with Crippen molar-refractivity contribution in [2.45, 2.75) is 62.9 Å². The van der Waals surface area contributed by atoms with Gasteiger partial charge in [0.15, 0.2) is 0 Å². The molecule has 0 saturated heterocycles. The molecular weight excluding hydrogens is 244 g/mol. The summed E-state index contributed by atoms with van der Waals surface area (Å²) in [5, 5.41) is 11.0. The highest BCUT2D eigenvalue weighted by Gasteiger charge is 2.48. The van der Waals surface area contributed by atoms with Crippen LogP contribution in [-0.2, 0) is 5.41 Å². The van der Waals surface area contributed by atoms with Gasteiger partial charge in [-0.05, 0) is 61.8 Å². The minimum Gasteiger partial charge on any atom is -0.392 e. The van der Waals surface area contributed by atoms with E-state index in [1.807, 2.05) is 0 Å². The molecule has 1 aromatic rings. The van der Waals surface area contributed by atoms with E-state index in [1.54, 1.807) is 0 Å². The van der Waals surface area contributed by atoms with Gasteiger partial charge in [-0.3, -0.25) is 0 Å². The summed E-state index contributed by atoms with van der Waals surface area (Å²) in [6.45, 7) is 0. The van der Waals surface area contributed by atoms with E-state index in [0.29, 0.717) is 0 Å². The van der Waals surface area contributed by atoms with Crippen molar-refractivity contribution in [1.29, 1.82) is 0 Å². The Labute approximate surface area is 122 Å². The van der Waals surface area contributed by atoms with Gasteiger partial charge in [0.2, 0.25) is 0 Å². The smallest absolute Gasteiger partial charge is 0.0639 e. The molecule has 2 bridgehead atoms. The van der Waals surface area contributed by atoms with Gasteiger partial charge >= 0.3 is 0 Å². The average Bonchev–Trinajstić information content (AvgIpc) is 3.01. The molecule has 4 unspecified atom stereocenters. The predicted octanol–water partition coefficient (Wildman–Crippen LogP) is 4.30. The lowest BCUT2D eigenvalue weighted by Crippen LogP contribution is -2.46. The predicted molar refractivity (Wildman–Crippen MR) is 81.5 cm³/mol. The van der Waals surface area contributed by atoms with Crippen molar-refractivity contribution in [3.05, 3.63) is 35.9 Å². The standard InChI is InChI=1S/C19H26O/c20-18(13-16-12-14-7-8-15(16)11-14)19(9-4-10-19)17-5-2-1-3-6-17/h1-3,5-6,14-16,18,20H,4,7-13H2. The van der Waals surface area contributed by atoms with Crippen LogP contribution in [0.15, 0.2) is 30.3 Å². The fraction of sp³-hybridized carbons (Fsp3) is 0.684. The Morgan fingerprint density at radius 1 is 1.10 bits per heavy atom. The summed E-state index contributed by atoms with van der Waals surface area (Å²) in [4.78, 5) is 0. The zero-order chi connectivity index (χ0) is 13.6. The highest BCUT2D eigenvalue weighted by Crippen LogP contribution is 2.53. The Hall–Kier alpha value is -0.820. The van der Waals surface area contributed by atoms with Crippen LogP contribution in [0.3, 0.4) is 0 Å². The molecule has 1 aromatic carbocycles. The highest BCUT2D eigenvalue weighted by atomic mass is 16.3. The van der Waals surface area contributed by atoms with Gasteiger partial charge in [0.05, 0.1) is 6.10 Å². The van der Waals surface area contributed by atoms with Crippen molar-refractivity contribution < 1.29 is 5.11 Å². The number of hydrogen-bond donors (Lipinski definition) is 1. The first-order chi connectivity index (χ1) is 9.78. The second kappa shape index (κ2) is 4.87. The highest BCUT2D eigenvalue weighted by molar-refractivity contribution is 5.29. The first-order valence-corrected chi connectivity index (χ1v) is 8.51. The van der Waals surface area contributed by atoms with Gasteiger partial charge in [-0.15, -0.1) is 0 Å². The van der Waals surface area contributed by atoms with Gasteiger partial charge in [0, 0.05) is 5.41 Å². The molecule has 3 aliphatic rings. The molecule has 3 saturated carbocycles. The van der Waals surface area contributed by atoms with Crippen LogP contribution in [0.1, 0.15) is 56.9 Å². The molecule has 3 aliphatic carbocycles. The van der Waals surface area contributed by atoms with Gasteiger partial charge in [0.25, 0.3) is 0 Å². The third-order valence-electron chi connectivity index (χ3n) is 6.64. The Kier molecular flexibility index (Phi) is 3.14. The fourth-order valence-corrected chi connectivity index (χ4v) is 5.32. The maximum Gasteiger partial charge on any atom is 0.0639 e. The molecular formula is C19H26O. The Bertz CT molecular complexity index is 462. The van der Waals surface area contributed by atoms with Crippen LogP contribution in [0.25, 0.3) is 0 Å². The van der Waals surface area contributed by atoms with Crippen molar-refractivity contribution in [3.63, 3.8) is 0 Å². The van der Waals surface area contributed by atoms with Crippen molar-refractivity contribution in [2.24, 2.45) is 17.8 Å². The average molecular weight is 270 g/mol. The quantitative estimate of drug-likeness (QED) is 0.865. The van der Waals surface area contributed by atoms with Gasteiger partial charge in [-0.2, -0.15) is 0 Å². The Balaban J connectivity index is 1.50. The van der Waals surface area contributed by atoms with Crippen LogP contribution in [0.5, 0.6) is 0 Å². The molecule has 0 spiro atoms. The lowest BCUT2D eigenvalue weighted by atomic mass is 9.59. The van der Waals surface area contributed by atoms with Crippen LogP contribution >= 0.6 is 0 Å². The van der Waals surface area contributed by atoms with Crippen LogP contribution < -0.4 is 0 Å². The number of fused-ring (bicyclic) bond motifs is 2. The third kappa shape index (κ3) is 1.94. The zero-order valence-electron chi connectivity index (χ0n) is 12.3. The first-order valence-electron chi connectivity index (χ1n) is 8.51. The molecule has 4 atom stereocenters. The molecule has 1 N–H and O–H groups in total. The van der Waals surface area contributed by atoms with Crippen LogP contribution in [0.4, 0.5) is 0 Å². The van der Waals surface area contributed by atoms with E-state index in [2.05, 4.69) is 30.3 Å². The lowest BCUT2D eigenvalue weighted by molar-refractivity contribution is 0.00487. The summed E-state index contributed by atoms with van der Waals surface area (Å²) in [5.41, 5.74) is 1.46. The van der Waals surface area contributed by atoms with Gasteiger partial charge in [0.1, 0.15) is 0 Å². The summed E-state index contributed by atoms with van der Waals surface area (Å²) in [7, 11) is 0. The Morgan fingerprint density at radius 3 is 2.45 bits per heavy atom. The normalized spacial score (nSPS) is 35.8. The maximum atomic E-state index is 11.0. The molecule has 20 heavy (non-hydrogen) atoms. The van der Waals surface area contributed by atoms with Crippen molar-refractivity contribution in [2.75, 3.05) is 0 Å². The Morgan fingerprint density at radius 2 is 1.90 bits per heavy atom. The lowest BCUT2D eigenvalue weighted by Gasteiger charge is -2.47. The minimum absolute atomic E-state index is 0.0864. The van der Waals surface area contributed by atoms with Gasteiger partial charge in [-0.25, -0.2) is 0 Å². The summed E-state index contributed by atoms with van der Waals surface area (Å²) in [6.07, 6.45) is 10.3. The summed E-state index contributed by atoms with van der Waals surface area (Å²) in [6, 6.07) is 10.8. The monoisotopic (exact) mass is 270 g/mol. The molecule has 108 valence electrons. The van der Waals surface area contributed by atoms with E-state index in [9.17, 15) is 5.11 Å². The van der Waals surface area contributed by atoms with Crippen molar-refractivity contribution >= 4 is 0 Å². The third-order valence-corrected chi connectivity index (χ3v) is 6.64. The number of aliphatic hydroxyl groups excluding tert-OH is 1. The van der Waals surface area contributed by atoms with Crippen LogP contribution in [-0.4, -0.2) is 11.2 Å². The first kappa shape index (κ1) is 12.9. The molecule has 0 radical (unpaired) electrons. The number of benzene rings is 1. The summed E-state index contributed by atoms with van der Waals surface area (Å²) < 4.78 is 0. The van der Waals surface area contributed by atoms with E-state index < -0.39 is 0 Å². The van der Waals surface area contributed by atoms with E-state index >= 15 is 0 Å². The SMILES string of the molecule is OC(CC1CC2CCC1C2)C1(c2ccccc2)CCC1. The molecule has 0 amide bonds. The van der Waals surface area contributed by atoms with Crippen molar-refractivity contribution in [1.82, 2.24) is 0 Å². The maximum absolute atomic E-state index is 11.0. The van der Waals surface area contributed by atoms with Gasteiger partial charge < -0.3 is 5.11 Å². The number of aliphatic hydroxyl groups is 1.